The molecule has 4 rings (SSSR count). The van der Waals surface area contributed by atoms with Gasteiger partial charge >= 0.3 is 0 Å². The smallest absolute Gasteiger partial charge is 0.234 e. The van der Waals surface area contributed by atoms with Gasteiger partial charge in [-0.05, 0) is 49.2 Å². The molecule has 2 heterocycles. The first kappa shape index (κ1) is 23.3. The Balaban J connectivity index is 1.35. The predicted octanol–water partition coefficient (Wildman–Crippen LogP) is 4.94. The summed E-state index contributed by atoms with van der Waals surface area (Å²) in [6, 6.07) is 14.4. The summed E-state index contributed by atoms with van der Waals surface area (Å²) in [6.07, 6.45) is 0. The number of carbonyl (C=O) groups excluding carboxylic acids is 1. The van der Waals surface area contributed by atoms with Gasteiger partial charge in [0, 0.05) is 37.9 Å². The van der Waals surface area contributed by atoms with Gasteiger partial charge in [-0.15, -0.1) is 0 Å². The molecule has 0 radical (unpaired) electrons. The van der Waals surface area contributed by atoms with Gasteiger partial charge in [-0.3, -0.25) is 4.79 Å². The van der Waals surface area contributed by atoms with Crippen LogP contribution in [-0.4, -0.2) is 47.8 Å². The van der Waals surface area contributed by atoms with Gasteiger partial charge in [-0.1, -0.05) is 41.6 Å². The number of aromatic nitrogens is 2. The molecular formula is C24H25ClFN5OS. The molecule has 0 saturated carbocycles. The number of thioether (sulfide) groups is 1. The molecule has 1 saturated heterocycles. The molecule has 1 aliphatic rings. The average Bonchev–Trinajstić information content (AvgIpc) is 2.80. The molecule has 172 valence electrons. The van der Waals surface area contributed by atoms with Crippen molar-refractivity contribution in [1.29, 1.82) is 0 Å². The van der Waals surface area contributed by atoms with E-state index in [4.69, 9.17) is 11.6 Å². The molecule has 0 aliphatic carbocycles. The number of rotatable bonds is 6. The first-order valence-electron chi connectivity index (χ1n) is 10.7. The van der Waals surface area contributed by atoms with Crippen molar-refractivity contribution in [3.63, 3.8) is 0 Å². The second-order valence-electron chi connectivity index (χ2n) is 7.89. The van der Waals surface area contributed by atoms with E-state index >= 15 is 0 Å². The van der Waals surface area contributed by atoms with E-state index in [-0.39, 0.29) is 17.5 Å². The summed E-state index contributed by atoms with van der Waals surface area (Å²) in [4.78, 5) is 25.4. The van der Waals surface area contributed by atoms with Crippen LogP contribution >= 0.6 is 23.4 Å². The maximum absolute atomic E-state index is 14.1. The van der Waals surface area contributed by atoms with Gasteiger partial charge in [0.15, 0.2) is 5.16 Å². The number of hydrogen-bond acceptors (Lipinski definition) is 6. The lowest BCUT2D eigenvalue weighted by Crippen LogP contribution is -2.47. The Bertz CT molecular complexity index is 1150. The Morgan fingerprint density at radius 3 is 2.48 bits per heavy atom. The van der Waals surface area contributed by atoms with E-state index in [9.17, 15) is 9.18 Å². The summed E-state index contributed by atoms with van der Waals surface area (Å²) in [6.45, 7) is 6.74. The summed E-state index contributed by atoms with van der Waals surface area (Å²) in [7, 11) is 0. The fourth-order valence-electron chi connectivity index (χ4n) is 3.64. The number of aryl methyl sites for hydroxylation is 2. The zero-order valence-corrected chi connectivity index (χ0v) is 20.1. The number of nitrogens with zero attached hydrogens (tertiary/aromatic N) is 4. The van der Waals surface area contributed by atoms with Crippen molar-refractivity contribution in [3.05, 3.63) is 70.6 Å². The molecule has 9 heteroatoms. The summed E-state index contributed by atoms with van der Waals surface area (Å²) in [5, 5.41) is 3.68. The molecule has 6 nitrogen and oxygen atoms in total. The molecule has 0 bridgehead atoms. The molecule has 1 aromatic heterocycles. The van der Waals surface area contributed by atoms with E-state index in [0.29, 0.717) is 48.0 Å². The van der Waals surface area contributed by atoms with E-state index < -0.39 is 0 Å². The van der Waals surface area contributed by atoms with E-state index in [1.165, 1.54) is 23.4 Å². The molecule has 33 heavy (non-hydrogen) atoms. The Kier molecular flexibility index (Phi) is 7.35. The van der Waals surface area contributed by atoms with Crippen LogP contribution in [0.1, 0.15) is 11.1 Å². The lowest BCUT2D eigenvalue weighted by atomic mass is 10.1. The SMILES string of the molecule is Cc1ccc(NC(=O)CSc2nc(Cl)cc(N3CCN(c4ccccc4F)CC3)n2)cc1C. The van der Waals surface area contributed by atoms with Gasteiger partial charge < -0.3 is 15.1 Å². The second-order valence-corrected chi connectivity index (χ2v) is 9.22. The van der Waals surface area contributed by atoms with E-state index in [1.54, 1.807) is 18.2 Å². The Morgan fingerprint density at radius 1 is 1.03 bits per heavy atom. The number of piperazine rings is 1. The fraction of sp³-hybridized carbons (Fsp3) is 0.292. The van der Waals surface area contributed by atoms with Crippen LogP contribution in [-0.2, 0) is 4.79 Å². The molecular weight excluding hydrogens is 461 g/mol. The van der Waals surface area contributed by atoms with E-state index in [1.807, 2.05) is 43.0 Å². The minimum absolute atomic E-state index is 0.133. The molecule has 0 atom stereocenters. The standard InChI is InChI=1S/C24H25ClFN5OS/c1-16-7-8-18(13-17(16)2)27-23(32)15-33-24-28-21(25)14-22(29-24)31-11-9-30(10-12-31)20-6-4-3-5-19(20)26/h3-8,13-14H,9-12,15H2,1-2H3,(H,27,32). The molecule has 1 N–H and O–H groups in total. The minimum atomic E-state index is -0.214. The van der Waals surface area contributed by atoms with Crippen LogP contribution in [0.4, 0.5) is 21.6 Å². The number of anilines is 3. The number of hydrogen-bond donors (Lipinski definition) is 1. The van der Waals surface area contributed by atoms with Gasteiger partial charge in [-0.25, -0.2) is 14.4 Å². The van der Waals surface area contributed by atoms with Crippen LogP contribution in [0.5, 0.6) is 0 Å². The van der Waals surface area contributed by atoms with Crippen LogP contribution in [0.15, 0.2) is 53.7 Å². The highest BCUT2D eigenvalue weighted by Crippen LogP contribution is 2.25. The molecule has 3 aromatic rings. The van der Waals surface area contributed by atoms with E-state index in [0.717, 1.165) is 11.3 Å². The average molecular weight is 486 g/mol. The molecule has 1 amide bonds. The van der Waals surface area contributed by atoms with Crippen LogP contribution in [0, 0.1) is 19.7 Å². The van der Waals surface area contributed by atoms with Gasteiger partial charge in [0.2, 0.25) is 5.91 Å². The zero-order valence-electron chi connectivity index (χ0n) is 18.5. The number of halogens is 2. The number of benzene rings is 2. The lowest BCUT2D eigenvalue weighted by Gasteiger charge is -2.36. The van der Waals surface area contributed by atoms with Gasteiger partial charge in [0.05, 0.1) is 11.4 Å². The number of amides is 1. The summed E-state index contributed by atoms with van der Waals surface area (Å²) >= 11 is 7.48. The van der Waals surface area contributed by atoms with Gasteiger partial charge in [-0.2, -0.15) is 0 Å². The van der Waals surface area contributed by atoms with Gasteiger partial charge in [0.1, 0.15) is 16.8 Å². The first-order chi connectivity index (χ1) is 15.9. The number of nitrogens with one attached hydrogen (secondary N) is 1. The molecule has 1 fully saturated rings. The van der Waals surface area contributed by atoms with Crippen molar-refractivity contribution in [2.24, 2.45) is 0 Å². The highest BCUT2D eigenvalue weighted by atomic mass is 35.5. The fourth-order valence-corrected chi connectivity index (χ4v) is 4.52. The maximum atomic E-state index is 14.1. The number of carbonyl (C=O) groups is 1. The second kappa shape index (κ2) is 10.4. The Morgan fingerprint density at radius 2 is 1.76 bits per heavy atom. The van der Waals surface area contributed by atoms with Crippen LogP contribution in [0.2, 0.25) is 5.15 Å². The molecule has 1 aliphatic heterocycles. The Labute approximate surface area is 202 Å². The van der Waals surface area contributed by atoms with E-state index in [2.05, 4.69) is 20.2 Å². The summed E-state index contributed by atoms with van der Waals surface area (Å²) in [5.41, 5.74) is 3.68. The first-order valence-corrected chi connectivity index (χ1v) is 12.0. The third-order valence-electron chi connectivity index (χ3n) is 5.58. The van der Waals surface area contributed by atoms with Crippen molar-refractivity contribution >= 4 is 46.5 Å². The lowest BCUT2D eigenvalue weighted by molar-refractivity contribution is -0.113. The van der Waals surface area contributed by atoms with Crippen molar-refractivity contribution in [2.75, 3.05) is 47.0 Å². The number of para-hydroxylation sites is 1. The summed E-state index contributed by atoms with van der Waals surface area (Å²) < 4.78 is 14.1. The largest absolute Gasteiger partial charge is 0.366 e. The van der Waals surface area contributed by atoms with Crippen molar-refractivity contribution in [3.8, 4) is 0 Å². The highest BCUT2D eigenvalue weighted by Gasteiger charge is 2.21. The van der Waals surface area contributed by atoms with Crippen molar-refractivity contribution in [1.82, 2.24) is 9.97 Å². The zero-order chi connectivity index (χ0) is 23.4. The topological polar surface area (TPSA) is 61.4 Å². The predicted molar refractivity (Wildman–Crippen MR) is 133 cm³/mol. The third kappa shape index (κ3) is 5.94. The third-order valence-corrected chi connectivity index (χ3v) is 6.62. The van der Waals surface area contributed by atoms with Gasteiger partial charge in [0.25, 0.3) is 0 Å². The normalized spacial score (nSPS) is 13.8. The van der Waals surface area contributed by atoms with Crippen LogP contribution in [0.25, 0.3) is 0 Å². The maximum Gasteiger partial charge on any atom is 0.234 e. The van der Waals surface area contributed by atoms with Crippen LogP contribution < -0.4 is 15.1 Å². The van der Waals surface area contributed by atoms with Crippen molar-refractivity contribution in [2.45, 2.75) is 19.0 Å². The highest BCUT2D eigenvalue weighted by molar-refractivity contribution is 7.99. The molecule has 0 spiro atoms. The van der Waals surface area contributed by atoms with Crippen molar-refractivity contribution < 1.29 is 9.18 Å². The monoisotopic (exact) mass is 485 g/mol. The minimum Gasteiger partial charge on any atom is -0.366 e. The quantitative estimate of drug-likeness (QED) is 0.303. The Hall–Kier alpha value is -2.84. The van der Waals surface area contributed by atoms with Crippen LogP contribution in [0.3, 0.4) is 0 Å². The molecule has 2 aromatic carbocycles. The molecule has 0 unspecified atom stereocenters. The summed E-state index contributed by atoms with van der Waals surface area (Å²) in [5.74, 6) is 0.536.